The highest BCUT2D eigenvalue weighted by Crippen LogP contribution is 2.09. The Bertz CT molecular complexity index is 229. The molecule has 1 unspecified atom stereocenters. The summed E-state index contributed by atoms with van der Waals surface area (Å²) in [6.07, 6.45) is 0.0711. The van der Waals surface area contributed by atoms with E-state index in [1.807, 2.05) is 0 Å². The van der Waals surface area contributed by atoms with E-state index in [4.69, 9.17) is 16.0 Å². The number of amides is 1. The van der Waals surface area contributed by atoms with E-state index in [0.717, 1.165) is 0 Å². The molecular weight excluding hydrogens is 174 g/mol. The summed E-state index contributed by atoms with van der Waals surface area (Å²) in [5, 5.41) is 20.1. The highest BCUT2D eigenvalue weighted by Gasteiger charge is 2.24. The highest BCUT2D eigenvalue weighted by atomic mass is 16.4. The Morgan fingerprint density at radius 2 is 2.38 bits per heavy atom. The molecule has 0 radical (unpaired) electrons. The fourth-order valence-corrected chi connectivity index (χ4v) is 1.27. The summed E-state index contributed by atoms with van der Waals surface area (Å²) in [5.41, 5.74) is 5.17. The van der Waals surface area contributed by atoms with Crippen molar-refractivity contribution in [3.8, 4) is 0 Å². The van der Waals surface area contributed by atoms with E-state index in [2.05, 4.69) is 5.16 Å². The summed E-state index contributed by atoms with van der Waals surface area (Å²) in [4.78, 5) is 12.8. The van der Waals surface area contributed by atoms with Crippen LogP contribution in [0, 0.1) is 0 Å². The second-order valence-corrected chi connectivity index (χ2v) is 3.05. The van der Waals surface area contributed by atoms with Crippen LogP contribution in [0.25, 0.3) is 0 Å². The lowest BCUT2D eigenvalue weighted by Crippen LogP contribution is -2.32. The van der Waals surface area contributed by atoms with Crippen LogP contribution < -0.4 is 5.73 Å². The van der Waals surface area contributed by atoms with Crippen LogP contribution in [0.3, 0.4) is 0 Å². The molecule has 1 aliphatic heterocycles. The van der Waals surface area contributed by atoms with Gasteiger partial charge in [0.1, 0.15) is 5.84 Å². The van der Waals surface area contributed by atoms with E-state index < -0.39 is 6.10 Å². The molecule has 1 fully saturated rings. The number of carbonyl (C=O) groups excluding carboxylic acids is 1. The molecule has 74 valence electrons. The number of hydrogen-bond donors (Lipinski definition) is 3. The van der Waals surface area contributed by atoms with Crippen molar-refractivity contribution in [3.63, 3.8) is 0 Å². The number of likely N-dealkylation sites (tertiary alicyclic amines) is 1. The molecule has 13 heavy (non-hydrogen) atoms. The third kappa shape index (κ3) is 2.59. The molecule has 4 N–H and O–H groups in total. The molecule has 6 nitrogen and oxygen atoms in total. The Kier molecular flexibility index (Phi) is 3.07. The maximum absolute atomic E-state index is 11.3. The minimum Gasteiger partial charge on any atom is -0.409 e. The monoisotopic (exact) mass is 187 g/mol. The van der Waals surface area contributed by atoms with Gasteiger partial charge in [-0.2, -0.15) is 0 Å². The van der Waals surface area contributed by atoms with Crippen LogP contribution >= 0.6 is 0 Å². The molecule has 1 heterocycles. The van der Waals surface area contributed by atoms with E-state index in [1.165, 1.54) is 4.90 Å². The average molecular weight is 187 g/mol. The number of nitrogens with zero attached hydrogens (tertiary/aromatic N) is 2. The quantitative estimate of drug-likeness (QED) is 0.217. The molecule has 6 heteroatoms. The highest BCUT2D eigenvalue weighted by molar-refractivity contribution is 5.98. The molecule has 0 aromatic carbocycles. The van der Waals surface area contributed by atoms with Gasteiger partial charge in [0.2, 0.25) is 5.91 Å². The lowest BCUT2D eigenvalue weighted by atomic mass is 10.3. The third-order valence-corrected chi connectivity index (χ3v) is 1.98. The largest absolute Gasteiger partial charge is 0.409 e. The Morgan fingerprint density at radius 1 is 1.69 bits per heavy atom. The fourth-order valence-electron chi connectivity index (χ4n) is 1.27. The van der Waals surface area contributed by atoms with Crippen molar-refractivity contribution in [2.75, 3.05) is 13.1 Å². The molecule has 1 aliphatic rings. The molecule has 0 bridgehead atoms. The summed E-state index contributed by atoms with van der Waals surface area (Å²) in [6.45, 7) is 0.885. The van der Waals surface area contributed by atoms with E-state index >= 15 is 0 Å². The van der Waals surface area contributed by atoms with Crippen LogP contribution in [0.2, 0.25) is 0 Å². The van der Waals surface area contributed by atoms with Crippen LogP contribution in [-0.2, 0) is 4.79 Å². The minimum atomic E-state index is -0.434. The number of rotatable bonds is 2. The molecule has 0 saturated carbocycles. The molecule has 0 aromatic rings. The molecule has 0 aliphatic carbocycles. The van der Waals surface area contributed by atoms with Gasteiger partial charge in [0.15, 0.2) is 0 Å². The normalized spacial score (nSPS) is 23.6. The van der Waals surface area contributed by atoms with Crippen molar-refractivity contribution in [1.82, 2.24) is 4.90 Å². The Balaban J connectivity index is 2.40. The van der Waals surface area contributed by atoms with Gasteiger partial charge < -0.3 is 20.9 Å². The molecule has 1 amide bonds. The lowest BCUT2D eigenvalue weighted by molar-refractivity contribution is -0.129. The van der Waals surface area contributed by atoms with Crippen LogP contribution in [-0.4, -0.2) is 46.1 Å². The van der Waals surface area contributed by atoms with Crippen LogP contribution in [0.5, 0.6) is 0 Å². The predicted octanol–water partition coefficient (Wildman–Crippen LogP) is -1.28. The smallest absolute Gasteiger partial charge is 0.230 e. The van der Waals surface area contributed by atoms with Gasteiger partial charge >= 0.3 is 0 Å². The summed E-state index contributed by atoms with van der Waals surface area (Å²) in [5.74, 6) is -0.321. The van der Waals surface area contributed by atoms with E-state index in [9.17, 15) is 4.79 Å². The summed E-state index contributed by atoms with van der Waals surface area (Å²) < 4.78 is 0. The average Bonchev–Trinajstić information content (AvgIpc) is 2.51. The van der Waals surface area contributed by atoms with Gasteiger partial charge in [0.25, 0.3) is 0 Å². The van der Waals surface area contributed by atoms with Crippen molar-refractivity contribution in [2.45, 2.75) is 18.9 Å². The Labute approximate surface area is 75.6 Å². The summed E-state index contributed by atoms with van der Waals surface area (Å²) in [7, 11) is 0. The fraction of sp³-hybridized carbons (Fsp3) is 0.714. The zero-order valence-electron chi connectivity index (χ0n) is 7.18. The molecule has 0 spiro atoms. The number of aliphatic hydroxyl groups is 1. The second kappa shape index (κ2) is 4.08. The molecule has 1 atom stereocenters. The summed E-state index contributed by atoms with van der Waals surface area (Å²) >= 11 is 0. The standard InChI is InChI=1S/C7H13N3O3/c8-6(9-13)3-7(12)10-2-1-5(11)4-10/h5,11,13H,1-4H2,(H2,8,9). The number of β-amino-alcohol motifs (C(OH)–C–C–N with tert-alkyl or cyclic N) is 1. The number of carbonyl (C=O) groups is 1. The van der Waals surface area contributed by atoms with Crippen molar-refractivity contribution in [3.05, 3.63) is 0 Å². The van der Waals surface area contributed by atoms with Crippen molar-refractivity contribution in [2.24, 2.45) is 10.9 Å². The predicted molar refractivity (Wildman–Crippen MR) is 45.2 cm³/mol. The van der Waals surface area contributed by atoms with Gasteiger partial charge in [-0.15, -0.1) is 0 Å². The molecule has 0 aromatic heterocycles. The maximum Gasteiger partial charge on any atom is 0.230 e. The SMILES string of the molecule is NC(CC(=O)N1CCC(O)C1)=NO. The first-order chi connectivity index (χ1) is 6.13. The topological polar surface area (TPSA) is 99.2 Å². The van der Waals surface area contributed by atoms with Crippen LogP contribution in [0.15, 0.2) is 5.16 Å². The second-order valence-electron chi connectivity index (χ2n) is 3.05. The molecular formula is C7H13N3O3. The minimum absolute atomic E-state index is 0.0940. The van der Waals surface area contributed by atoms with Gasteiger partial charge in [-0.1, -0.05) is 5.16 Å². The summed E-state index contributed by atoms with van der Waals surface area (Å²) in [6, 6.07) is 0. The number of aliphatic hydroxyl groups excluding tert-OH is 1. The van der Waals surface area contributed by atoms with Gasteiger partial charge in [0.05, 0.1) is 12.5 Å². The van der Waals surface area contributed by atoms with Crippen LogP contribution in [0.1, 0.15) is 12.8 Å². The van der Waals surface area contributed by atoms with Gasteiger partial charge in [-0.05, 0) is 6.42 Å². The van der Waals surface area contributed by atoms with Crippen LogP contribution in [0.4, 0.5) is 0 Å². The zero-order chi connectivity index (χ0) is 9.84. The zero-order valence-corrected chi connectivity index (χ0v) is 7.18. The maximum atomic E-state index is 11.3. The number of nitrogens with two attached hydrogens (primary N) is 1. The van der Waals surface area contributed by atoms with E-state index in [0.29, 0.717) is 19.5 Å². The number of hydrogen-bond acceptors (Lipinski definition) is 4. The van der Waals surface area contributed by atoms with Crippen molar-refractivity contribution >= 4 is 11.7 Å². The third-order valence-electron chi connectivity index (χ3n) is 1.98. The van der Waals surface area contributed by atoms with Crippen molar-refractivity contribution in [1.29, 1.82) is 0 Å². The first-order valence-electron chi connectivity index (χ1n) is 4.05. The van der Waals surface area contributed by atoms with Gasteiger partial charge in [0, 0.05) is 13.1 Å². The molecule has 1 rings (SSSR count). The molecule has 1 saturated heterocycles. The van der Waals surface area contributed by atoms with Crippen molar-refractivity contribution < 1.29 is 15.1 Å². The first-order valence-corrected chi connectivity index (χ1v) is 4.05. The van der Waals surface area contributed by atoms with E-state index in [1.54, 1.807) is 0 Å². The number of oxime groups is 1. The lowest BCUT2D eigenvalue weighted by Gasteiger charge is -2.14. The van der Waals surface area contributed by atoms with Gasteiger partial charge in [-0.25, -0.2) is 0 Å². The van der Waals surface area contributed by atoms with E-state index in [-0.39, 0.29) is 18.2 Å². The Morgan fingerprint density at radius 3 is 2.85 bits per heavy atom. The van der Waals surface area contributed by atoms with Gasteiger partial charge in [-0.3, -0.25) is 4.79 Å². The Hall–Kier alpha value is -1.30. The number of amidine groups is 1. The first kappa shape index (κ1) is 9.79.